The van der Waals surface area contributed by atoms with Gasteiger partial charge in [-0.3, -0.25) is 9.78 Å². The van der Waals surface area contributed by atoms with Crippen molar-refractivity contribution in [1.29, 1.82) is 0 Å². The molecule has 3 heteroatoms. The predicted molar refractivity (Wildman–Crippen MR) is 54.2 cm³/mol. The molecule has 0 radical (unpaired) electrons. The molecule has 0 amide bonds. The van der Waals surface area contributed by atoms with Gasteiger partial charge in [0.1, 0.15) is 5.78 Å². The van der Waals surface area contributed by atoms with Gasteiger partial charge < -0.3 is 4.74 Å². The first kappa shape index (κ1) is 9.04. The van der Waals surface area contributed by atoms with Gasteiger partial charge in [0.15, 0.2) is 0 Å². The highest BCUT2D eigenvalue weighted by Gasteiger charge is 2.57. The summed E-state index contributed by atoms with van der Waals surface area (Å²) in [6.45, 7) is 1.58. The zero-order chi connectivity index (χ0) is 10.3. The molecular weight excluding hydrogens is 190 g/mol. The number of rotatable bonds is 3. The normalized spacial score (nSPS) is 32.4. The van der Waals surface area contributed by atoms with Crippen LogP contribution in [0.4, 0.5) is 0 Å². The predicted octanol–water partition coefficient (Wildman–Crippen LogP) is 1.09. The van der Waals surface area contributed by atoms with Gasteiger partial charge in [0.2, 0.25) is 0 Å². The minimum absolute atomic E-state index is 0.284. The summed E-state index contributed by atoms with van der Waals surface area (Å²) in [6, 6.07) is 3.82. The molecule has 1 aromatic heterocycles. The molecule has 2 heterocycles. The molecule has 2 fully saturated rings. The van der Waals surface area contributed by atoms with E-state index in [1.54, 1.807) is 12.4 Å². The van der Waals surface area contributed by atoms with Gasteiger partial charge in [-0.05, 0) is 29.5 Å². The van der Waals surface area contributed by atoms with Crippen LogP contribution in [0.5, 0.6) is 0 Å². The van der Waals surface area contributed by atoms with Gasteiger partial charge >= 0.3 is 0 Å². The van der Waals surface area contributed by atoms with E-state index in [9.17, 15) is 4.79 Å². The lowest BCUT2D eigenvalue weighted by Gasteiger charge is -2.03. The molecule has 0 bridgehead atoms. The van der Waals surface area contributed by atoms with Gasteiger partial charge in [-0.2, -0.15) is 0 Å². The van der Waals surface area contributed by atoms with Crippen molar-refractivity contribution in [2.45, 2.75) is 6.42 Å². The summed E-state index contributed by atoms with van der Waals surface area (Å²) >= 11 is 0. The lowest BCUT2D eigenvalue weighted by atomic mass is 10.1. The van der Waals surface area contributed by atoms with E-state index < -0.39 is 0 Å². The maximum absolute atomic E-state index is 11.9. The largest absolute Gasteiger partial charge is 0.381 e. The Hall–Kier alpha value is -1.22. The van der Waals surface area contributed by atoms with Crippen LogP contribution in [0.3, 0.4) is 0 Å². The Bertz CT molecular complexity index is 366. The lowest BCUT2D eigenvalue weighted by molar-refractivity contribution is -0.120. The van der Waals surface area contributed by atoms with Crippen molar-refractivity contribution in [2.24, 2.45) is 17.8 Å². The van der Waals surface area contributed by atoms with Crippen molar-refractivity contribution in [3.63, 3.8) is 0 Å². The number of ether oxygens (including phenoxy) is 1. The van der Waals surface area contributed by atoms with Crippen molar-refractivity contribution < 1.29 is 9.53 Å². The van der Waals surface area contributed by atoms with Gasteiger partial charge in [0.25, 0.3) is 0 Å². The Balaban J connectivity index is 1.63. The molecule has 1 saturated carbocycles. The van der Waals surface area contributed by atoms with Gasteiger partial charge in [-0.15, -0.1) is 0 Å². The lowest BCUT2D eigenvalue weighted by Crippen LogP contribution is -2.12. The first-order chi connectivity index (χ1) is 7.36. The molecule has 0 spiro atoms. The summed E-state index contributed by atoms with van der Waals surface area (Å²) in [7, 11) is 0. The van der Waals surface area contributed by atoms with E-state index in [2.05, 4.69) is 4.98 Å². The van der Waals surface area contributed by atoms with E-state index >= 15 is 0 Å². The Morgan fingerprint density at radius 2 is 2.00 bits per heavy atom. The molecule has 0 aromatic carbocycles. The van der Waals surface area contributed by atoms with Crippen molar-refractivity contribution in [2.75, 3.05) is 13.2 Å². The molecular formula is C12H13NO2. The van der Waals surface area contributed by atoms with E-state index in [0.717, 1.165) is 18.8 Å². The second-order valence-corrected chi connectivity index (χ2v) is 4.39. The molecule has 2 atom stereocenters. The van der Waals surface area contributed by atoms with Gasteiger partial charge in [0.05, 0.1) is 13.2 Å². The maximum Gasteiger partial charge on any atom is 0.141 e. The minimum Gasteiger partial charge on any atom is -0.381 e. The SMILES string of the molecule is O=C(Cc1ccncc1)C1C2COCC21. The molecule has 0 N–H and O–H groups in total. The first-order valence-corrected chi connectivity index (χ1v) is 5.35. The smallest absolute Gasteiger partial charge is 0.141 e. The van der Waals surface area contributed by atoms with Crippen LogP contribution < -0.4 is 0 Å². The summed E-state index contributed by atoms with van der Waals surface area (Å²) < 4.78 is 5.27. The highest BCUT2D eigenvalue weighted by molar-refractivity contribution is 5.86. The number of carbonyl (C=O) groups excluding carboxylic acids is 1. The Morgan fingerprint density at radius 3 is 2.67 bits per heavy atom. The molecule has 1 aliphatic heterocycles. The van der Waals surface area contributed by atoms with Crippen molar-refractivity contribution in [3.8, 4) is 0 Å². The van der Waals surface area contributed by atoms with Crippen molar-refractivity contribution in [1.82, 2.24) is 4.98 Å². The maximum atomic E-state index is 11.9. The number of Topliss-reactive ketones (excluding diaryl/α,β-unsaturated/α-hetero) is 1. The molecule has 1 saturated heterocycles. The van der Waals surface area contributed by atoms with Crippen LogP contribution in [-0.4, -0.2) is 24.0 Å². The Morgan fingerprint density at radius 1 is 1.33 bits per heavy atom. The Kier molecular flexibility index (Phi) is 2.06. The van der Waals surface area contributed by atoms with E-state index in [4.69, 9.17) is 4.74 Å². The zero-order valence-corrected chi connectivity index (χ0v) is 8.43. The highest BCUT2D eigenvalue weighted by atomic mass is 16.5. The van der Waals surface area contributed by atoms with Crippen LogP contribution in [0.2, 0.25) is 0 Å². The summed E-state index contributed by atoms with van der Waals surface area (Å²) in [6.07, 6.45) is 4.03. The summed E-state index contributed by atoms with van der Waals surface area (Å²) in [4.78, 5) is 15.9. The number of fused-ring (bicyclic) bond motifs is 1. The molecule has 15 heavy (non-hydrogen) atoms. The second-order valence-electron chi connectivity index (χ2n) is 4.39. The number of aromatic nitrogens is 1. The van der Waals surface area contributed by atoms with Crippen molar-refractivity contribution >= 4 is 5.78 Å². The summed E-state index contributed by atoms with van der Waals surface area (Å²) in [5, 5.41) is 0. The average Bonchev–Trinajstić information content (AvgIpc) is 2.75. The number of nitrogens with zero attached hydrogens (tertiary/aromatic N) is 1. The van der Waals surface area contributed by atoms with Crippen LogP contribution in [0.15, 0.2) is 24.5 Å². The zero-order valence-electron chi connectivity index (χ0n) is 8.43. The monoisotopic (exact) mass is 203 g/mol. The quantitative estimate of drug-likeness (QED) is 0.738. The summed E-state index contributed by atoms with van der Waals surface area (Å²) in [5.74, 6) is 1.71. The molecule has 2 aliphatic rings. The fraction of sp³-hybridized carbons (Fsp3) is 0.500. The Labute approximate surface area is 88.5 Å². The fourth-order valence-corrected chi connectivity index (χ4v) is 2.54. The van der Waals surface area contributed by atoms with E-state index in [1.165, 1.54) is 0 Å². The van der Waals surface area contributed by atoms with Crippen LogP contribution in [-0.2, 0) is 16.0 Å². The van der Waals surface area contributed by atoms with Crippen LogP contribution >= 0.6 is 0 Å². The molecule has 78 valence electrons. The average molecular weight is 203 g/mol. The molecule has 3 nitrogen and oxygen atoms in total. The molecule has 1 aliphatic carbocycles. The number of pyridine rings is 1. The third kappa shape index (κ3) is 1.57. The van der Waals surface area contributed by atoms with Crippen molar-refractivity contribution in [3.05, 3.63) is 30.1 Å². The van der Waals surface area contributed by atoms with E-state index in [-0.39, 0.29) is 5.92 Å². The standard InChI is InChI=1S/C12H13NO2/c14-11(5-8-1-3-13-4-2-8)12-9-6-15-7-10(9)12/h1-4,9-10,12H,5-7H2. The number of ketones is 1. The third-order valence-corrected chi connectivity index (χ3v) is 3.45. The summed E-state index contributed by atoms with van der Waals surface area (Å²) in [5.41, 5.74) is 1.07. The molecule has 1 aromatic rings. The van der Waals surface area contributed by atoms with Crippen LogP contribution in [0, 0.1) is 17.8 Å². The second kappa shape index (κ2) is 3.42. The third-order valence-electron chi connectivity index (χ3n) is 3.45. The molecule has 2 unspecified atom stereocenters. The van der Waals surface area contributed by atoms with Crippen LogP contribution in [0.25, 0.3) is 0 Å². The first-order valence-electron chi connectivity index (χ1n) is 5.35. The van der Waals surface area contributed by atoms with Gasteiger partial charge in [-0.25, -0.2) is 0 Å². The van der Waals surface area contributed by atoms with E-state index in [0.29, 0.717) is 24.0 Å². The number of hydrogen-bond donors (Lipinski definition) is 0. The highest BCUT2D eigenvalue weighted by Crippen LogP contribution is 2.51. The van der Waals surface area contributed by atoms with Crippen LogP contribution in [0.1, 0.15) is 5.56 Å². The fourth-order valence-electron chi connectivity index (χ4n) is 2.54. The number of carbonyl (C=O) groups is 1. The van der Waals surface area contributed by atoms with E-state index in [1.807, 2.05) is 12.1 Å². The minimum atomic E-state index is 0.284. The van der Waals surface area contributed by atoms with Gasteiger partial charge in [-0.1, -0.05) is 0 Å². The molecule has 3 rings (SSSR count). The number of hydrogen-bond acceptors (Lipinski definition) is 3. The van der Waals surface area contributed by atoms with Gasteiger partial charge in [0, 0.05) is 24.7 Å². The topological polar surface area (TPSA) is 39.2 Å².